The standard InChI is InChI=1S/C15H12F5NO8S/c1-9(22)12(23)27-7-8-28-13(24)15(19,20)30(25,26)29-21-11(14(16,17)18)10-5-3-2-4-6-10/h2-6H,7-8H2,1H3/b21-11-. The third-order valence-corrected chi connectivity index (χ3v) is 4.00. The van der Waals surface area contributed by atoms with Crippen molar-refractivity contribution >= 4 is 33.6 Å². The van der Waals surface area contributed by atoms with E-state index < -0.39 is 63.8 Å². The first kappa shape index (κ1) is 24.9. The minimum Gasteiger partial charge on any atom is -0.457 e. The fraction of sp³-hybridized carbons (Fsp3) is 0.333. The number of carbonyl (C=O) groups excluding carboxylic acids is 3. The zero-order valence-corrected chi connectivity index (χ0v) is 15.6. The Morgan fingerprint density at radius 2 is 1.50 bits per heavy atom. The first-order valence-corrected chi connectivity index (χ1v) is 8.97. The van der Waals surface area contributed by atoms with Gasteiger partial charge in [-0.15, -0.1) is 0 Å². The molecule has 0 N–H and O–H groups in total. The van der Waals surface area contributed by atoms with Crippen molar-refractivity contribution in [1.29, 1.82) is 0 Å². The van der Waals surface area contributed by atoms with Gasteiger partial charge in [0, 0.05) is 12.5 Å². The molecule has 0 aliphatic carbocycles. The summed E-state index contributed by atoms with van der Waals surface area (Å²) in [4.78, 5) is 32.7. The van der Waals surface area contributed by atoms with Crippen LogP contribution in [0, 0.1) is 0 Å². The lowest BCUT2D eigenvalue weighted by atomic mass is 10.1. The minimum absolute atomic E-state index is 0.696. The number of rotatable bonds is 9. The maximum absolute atomic E-state index is 13.8. The number of hydrogen-bond donors (Lipinski definition) is 0. The molecule has 0 aliphatic heterocycles. The summed E-state index contributed by atoms with van der Waals surface area (Å²) in [6, 6.07) is 5.31. The summed E-state index contributed by atoms with van der Waals surface area (Å²) in [7, 11) is -6.35. The molecule has 0 bridgehead atoms. The molecule has 15 heteroatoms. The third-order valence-electron chi connectivity index (χ3n) is 2.93. The van der Waals surface area contributed by atoms with Gasteiger partial charge < -0.3 is 9.47 Å². The number of ketones is 1. The highest BCUT2D eigenvalue weighted by atomic mass is 32.2. The van der Waals surface area contributed by atoms with E-state index in [0.717, 1.165) is 31.2 Å². The van der Waals surface area contributed by atoms with E-state index in [-0.39, 0.29) is 0 Å². The highest BCUT2D eigenvalue weighted by Crippen LogP contribution is 2.28. The molecule has 0 amide bonds. The lowest BCUT2D eigenvalue weighted by Crippen LogP contribution is -2.40. The van der Waals surface area contributed by atoms with Gasteiger partial charge in [-0.1, -0.05) is 35.5 Å². The molecule has 1 aromatic carbocycles. The highest BCUT2D eigenvalue weighted by molar-refractivity contribution is 7.88. The zero-order chi connectivity index (χ0) is 23.2. The van der Waals surface area contributed by atoms with Gasteiger partial charge in [-0.25, -0.2) is 9.59 Å². The second kappa shape index (κ2) is 9.60. The number of carbonyl (C=O) groups is 3. The van der Waals surface area contributed by atoms with E-state index in [4.69, 9.17) is 0 Å². The van der Waals surface area contributed by atoms with Crippen LogP contribution in [0.25, 0.3) is 0 Å². The Morgan fingerprint density at radius 1 is 0.967 bits per heavy atom. The Morgan fingerprint density at radius 3 is 2.00 bits per heavy atom. The Labute approximate surface area is 165 Å². The fourth-order valence-electron chi connectivity index (χ4n) is 1.55. The number of nitrogens with zero attached hydrogens (tertiary/aromatic N) is 1. The van der Waals surface area contributed by atoms with Crippen LogP contribution in [0.15, 0.2) is 35.5 Å². The highest BCUT2D eigenvalue weighted by Gasteiger charge is 2.57. The molecule has 30 heavy (non-hydrogen) atoms. The number of oxime groups is 1. The number of benzene rings is 1. The monoisotopic (exact) mass is 461 g/mol. The van der Waals surface area contributed by atoms with E-state index in [9.17, 15) is 44.8 Å². The number of alkyl halides is 5. The van der Waals surface area contributed by atoms with Crippen molar-refractivity contribution in [3.8, 4) is 0 Å². The summed E-state index contributed by atoms with van der Waals surface area (Å²) in [5.74, 6) is -5.15. The van der Waals surface area contributed by atoms with Gasteiger partial charge in [0.15, 0.2) is 5.71 Å². The lowest BCUT2D eigenvalue weighted by Gasteiger charge is -2.15. The second-order valence-electron chi connectivity index (χ2n) is 5.18. The van der Waals surface area contributed by atoms with Gasteiger partial charge in [-0.2, -0.15) is 30.4 Å². The molecule has 0 saturated carbocycles. The molecule has 0 saturated heterocycles. The van der Waals surface area contributed by atoms with Crippen LogP contribution in [0.2, 0.25) is 0 Å². The van der Waals surface area contributed by atoms with Crippen molar-refractivity contribution in [3.63, 3.8) is 0 Å². The van der Waals surface area contributed by atoms with Crippen LogP contribution in [-0.2, 0) is 38.3 Å². The zero-order valence-electron chi connectivity index (χ0n) is 14.8. The summed E-state index contributed by atoms with van der Waals surface area (Å²) in [6.45, 7) is -1.12. The molecule has 1 aromatic rings. The predicted octanol–water partition coefficient (Wildman–Crippen LogP) is 1.57. The lowest BCUT2D eigenvalue weighted by molar-refractivity contribution is -0.165. The number of halogens is 5. The van der Waals surface area contributed by atoms with Crippen LogP contribution in [-0.4, -0.2) is 56.5 Å². The molecule has 0 heterocycles. The Hall–Kier alpha value is -3.10. The number of hydrogen-bond acceptors (Lipinski definition) is 9. The van der Waals surface area contributed by atoms with Crippen LogP contribution in [0.3, 0.4) is 0 Å². The van der Waals surface area contributed by atoms with Gasteiger partial charge in [0.25, 0.3) is 0 Å². The van der Waals surface area contributed by atoms with Crippen LogP contribution >= 0.6 is 0 Å². The largest absolute Gasteiger partial charge is 0.478 e. The third kappa shape index (κ3) is 6.47. The molecule has 0 aliphatic rings. The van der Waals surface area contributed by atoms with Crippen molar-refractivity contribution in [2.24, 2.45) is 5.16 Å². The summed E-state index contributed by atoms with van der Waals surface area (Å²) in [5.41, 5.74) is -2.65. The van der Waals surface area contributed by atoms with E-state index in [2.05, 4.69) is 18.9 Å². The number of esters is 2. The maximum Gasteiger partial charge on any atom is 0.478 e. The molecular formula is C15H12F5NO8S. The Bertz CT molecular complexity index is 928. The summed E-state index contributed by atoms with van der Waals surface area (Å²) < 4.78 is 101. The normalized spacial score (nSPS) is 12.8. The van der Waals surface area contributed by atoms with Crippen molar-refractivity contribution < 1.29 is 58.5 Å². The molecule has 0 aromatic heterocycles. The van der Waals surface area contributed by atoms with Gasteiger partial charge in [0.2, 0.25) is 5.78 Å². The molecule has 0 fully saturated rings. The number of ether oxygens (including phenoxy) is 2. The van der Waals surface area contributed by atoms with E-state index >= 15 is 0 Å². The predicted molar refractivity (Wildman–Crippen MR) is 86.6 cm³/mol. The molecule has 166 valence electrons. The Balaban J connectivity index is 2.91. The van der Waals surface area contributed by atoms with Gasteiger partial charge in [-0.05, 0) is 0 Å². The van der Waals surface area contributed by atoms with Gasteiger partial charge >= 0.3 is 33.5 Å². The fourth-order valence-corrected chi connectivity index (χ4v) is 2.08. The molecule has 0 radical (unpaired) electrons. The first-order chi connectivity index (χ1) is 13.7. The maximum atomic E-state index is 13.8. The van der Waals surface area contributed by atoms with E-state index in [0.29, 0.717) is 0 Å². The summed E-state index contributed by atoms with van der Waals surface area (Å²) in [5, 5.41) is -3.22. The van der Waals surface area contributed by atoms with Crippen molar-refractivity contribution in [1.82, 2.24) is 0 Å². The topological polar surface area (TPSA) is 125 Å². The number of Topliss-reactive ketones (excluding diaryl/α,β-unsaturated/α-hetero) is 1. The molecule has 0 atom stereocenters. The van der Waals surface area contributed by atoms with Gasteiger partial charge in [0.05, 0.1) is 0 Å². The average molecular weight is 461 g/mol. The summed E-state index contributed by atoms with van der Waals surface area (Å²) >= 11 is 0. The Kier molecular flexibility index (Phi) is 7.98. The molecule has 9 nitrogen and oxygen atoms in total. The second-order valence-corrected chi connectivity index (χ2v) is 6.75. The first-order valence-electron chi connectivity index (χ1n) is 7.56. The van der Waals surface area contributed by atoms with E-state index in [1.54, 1.807) is 0 Å². The van der Waals surface area contributed by atoms with Crippen molar-refractivity contribution in [2.45, 2.75) is 18.4 Å². The molecule has 1 rings (SSSR count). The van der Waals surface area contributed by atoms with E-state index in [1.165, 1.54) is 6.07 Å². The molecular weight excluding hydrogens is 449 g/mol. The average Bonchev–Trinajstić information content (AvgIpc) is 2.64. The summed E-state index contributed by atoms with van der Waals surface area (Å²) in [6.07, 6.45) is -5.28. The molecule has 0 unspecified atom stereocenters. The van der Waals surface area contributed by atoms with Gasteiger partial charge in [-0.3, -0.25) is 9.08 Å². The van der Waals surface area contributed by atoms with Gasteiger partial charge in [0.1, 0.15) is 13.2 Å². The van der Waals surface area contributed by atoms with Crippen LogP contribution in [0.1, 0.15) is 12.5 Å². The van der Waals surface area contributed by atoms with Crippen LogP contribution in [0.5, 0.6) is 0 Å². The van der Waals surface area contributed by atoms with Crippen molar-refractivity contribution in [3.05, 3.63) is 35.9 Å². The quantitative estimate of drug-likeness (QED) is 0.136. The molecule has 0 spiro atoms. The van der Waals surface area contributed by atoms with Crippen LogP contribution in [0.4, 0.5) is 22.0 Å². The SMILES string of the molecule is CC(=O)C(=O)OCCOC(=O)C(F)(F)S(=O)(=O)O/N=C(/c1ccccc1)C(F)(F)F. The minimum atomic E-state index is -6.35. The smallest absolute Gasteiger partial charge is 0.457 e. The van der Waals surface area contributed by atoms with Crippen LogP contribution < -0.4 is 0 Å². The van der Waals surface area contributed by atoms with Crippen molar-refractivity contribution in [2.75, 3.05) is 13.2 Å². The van der Waals surface area contributed by atoms with E-state index in [1.807, 2.05) is 0 Å².